The van der Waals surface area contributed by atoms with Crippen LogP contribution in [-0.2, 0) is 0 Å². The van der Waals surface area contributed by atoms with Gasteiger partial charge in [-0.15, -0.1) is 0 Å². The van der Waals surface area contributed by atoms with Gasteiger partial charge in [0.05, 0.1) is 17.3 Å². The number of hydrogen-bond donors (Lipinski definition) is 1. The van der Waals surface area contributed by atoms with Gasteiger partial charge in [0.25, 0.3) is 0 Å². The summed E-state index contributed by atoms with van der Waals surface area (Å²) in [5.41, 5.74) is 3.70. The summed E-state index contributed by atoms with van der Waals surface area (Å²) in [5, 5.41) is 10.5. The van der Waals surface area contributed by atoms with Crippen molar-refractivity contribution in [3.63, 3.8) is 0 Å². The Bertz CT molecular complexity index is 1100. The van der Waals surface area contributed by atoms with Crippen molar-refractivity contribution in [2.24, 2.45) is 0 Å². The molecule has 3 rings (SSSR count). The van der Waals surface area contributed by atoms with Gasteiger partial charge in [0.1, 0.15) is 11.4 Å². The minimum atomic E-state index is -1.10. The molecule has 0 aliphatic carbocycles. The van der Waals surface area contributed by atoms with Gasteiger partial charge in [-0.1, -0.05) is 40.9 Å². The number of aryl methyl sites for hydroxylation is 1. The smallest absolute Gasteiger partial charge is 0.354 e. The quantitative estimate of drug-likeness (QED) is 0.415. The second-order valence-electron chi connectivity index (χ2n) is 7.53. The summed E-state index contributed by atoms with van der Waals surface area (Å²) in [5.74, 6) is -0.570. The molecule has 7 heteroatoms. The molecule has 1 aromatic heterocycles. The third kappa shape index (κ3) is 5.76. The molecule has 162 valence electrons. The molecule has 0 unspecified atom stereocenters. The van der Waals surface area contributed by atoms with Crippen molar-refractivity contribution in [3.05, 3.63) is 69.8 Å². The number of rotatable bonds is 8. The summed E-state index contributed by atoms with van der Waals surface area (Å²) in [6.07, 6.45) is 0.852. The first kappa shape index (κ1) is 23.1. The Morgan fingerprint density at radius 3 is 2.48 bits per heavy atom. The third-order valence-electron chi connectivity index (χ3n) is 4.74. The van der Waals surface area contributed by atoms with Crippen LogP contribution in [0.3, 0.4) is 0 Å². The average Bonchev–Trinajstić information content (AvgIpc) is 2.73. The van der Waals surface area contributed by atoms with Crippen molar-refractivity contribution < 1.29 is 14.6 Å². The molecule has 0 fully saturated rings. The lowest BCUT2D eigenvalue weighted by Crippen LogP contribution is -2.15. The zero-order valence-electron chi connectivity index (χ0n) is 17.7. The number of aromatic carboxylic acids is 1. The van der Waals surface area contributed by atoms with Crippen LogP contribution in [-0.4, -0.2) is 48.2 Å². The summed E-state index contributed by atoms with van der Waals surface area (Å²) in [6, 6.07) is 14.2. The van der Waals surface area contributed by atoms with E-state index < -0.39 is 5.97 Å². The summed E-state index contributed by atoms with van der Waals surface area (Å²) in [7, 11) is 4.01. The Morgan fingerprint density at radius 1 is 1.03 bits per heavy atom. The molecule has 31 heavy (non-hydrogen) atoms. The molecule has 2 aromatic carbocycles. The van der Waals surface area contributed by atoms with Crippen LogP contribution >= 0.6 is 23.2 Å². The molecule has 0 amide bonds. The largest absolute Gasteiger partial charge is 0.492 e. The SMILES string of the molecule is Cc1ccc(Cl)c(-c2ccc(C(=O)O)nc2-c2ccc(Cl)c(OCCCN(C)C)c2)c1. The minimum Gasteiger partial charge on any atom is -0.492 e. The first-order valence-electron chi connectivity index (χ1n) is 9.84. The lowest BCUT2D eigenvalue weighted by atomic mass is 9.97. The summed E-state index contributed by atoms with van der Waals surface area (Å²) < 4.78 is 5.89. The summed E-state index contributed by atoms with van der Waals surface area (Å²) >= 11 is 12.8. The Morgan fingerprint density at radius 2 is 1.77 bits per heavy atom. The molecule has 3 aromatic rings. The predicted octanol–water partition coefficient (Wildman–Crippen LogP) is 6.06. The zero-order chi connectivity index (χ0) is 22.5. The van der Waals surface area contributed by atoms with Gasteiger partial charge < -0.3 is 14.7 Å². The van der Waals surface area contributed by atoms with Gasteiger partial charge in [-0.2, -0.15) is 0 Å². The average molecular weight is 459 g/mol. The maximum atomic E-state index is 11.6. The first-order chi connectivity index (χ1) is 14.8. The van der Waals surface area contributed by atoms with E-state index in [-0.39, 0.29) is 5.69 Å². The van der Waals surface area contributed by atoms with Gasteiger partial charge in [-0.25, -0.2) is 9.78 Å². The molecule has 0 saturated heterocycles. The second kappa shape index (κ2) is 10.1. The number of carboxylic acids is 1. The van der Waals surface area contributed by atoms with Gasteiger partial charge >= 0.3 is 5.97 Å². The van der Waals surface area contributed by atoms with Gasteiger partial charge in [0.2, 0.25) is 0 Å². The van der Waals surface area contributed by atoms with Crippen molar-refractivity contribution in [2.45, 2.75) is 13.3 Å². The van der Waals surface area contributed by atoms with Crippen LogP contribution in [0.5, 0.6) is 5.75 Å². The van der Waals surface area contributed by atoms with Gasteiger partial charge in [-0.05, 0) is 63.8 Å². The Labute approximate surface area is 192 Å². The normalized spacial score (nSPS) is 11.0. The van der Waals surface area contributed by atoms with E-state index in [1.807, 2.05) is 39.2 Å². The van der Waals surface area contributed by atoms with Crippen LogP contribution in [0.15, 0.2) is 48.5 Å². The Balaban J connectivity index is 2.06. The number of aromatic nitrogens is 1. The monoisotopic (exact) mass is 458 g/mol. The number of carboxylic acid groups (broad SMARTS) is 1. The molecule has 0 saturated carbocycles. The number of hydrogen-bond acceptors (Lipinski definition) is 4. The number of pyridine rings is 1. The van der Waals surface area contributed by atoms with E-state index in [0.717, 1.165) is 29.7 Å². The molecule has 0 spiro atoms. The van der Waals surface area contributed by atoms with Crippen LogP contribution < -0.4 is 4.74 Å². The summed E-state index contributed by atoms with van der Waals surface area (Å²) in [6.45, 7) is 3.39. The van der Waals surface area contributed by atoms with Crippen LogP contribution in [0.4, 0.5) is 0 Å². The van der Waals surface area contributed by atoms with Gasteiger partial charge in [-0.3, -0.25) is 0 Å². The second-order valence-corrected chi connectivity index (χ2v) is 8.35. The molecule has 1 N–H and O–H groups in total. The molecule has 0 atom stereocenters. The highest BCUT2D eigenvalue weighted by molar-refractivity contribution is 6.33. The molecular weight excluding hydrogens is 435 g/mol. The fourth-order valence-corrected chi connectivity index (χ4v) is 3.58. The van der Waals surface area contributed by atoms with Crippen LogP contribution in [0, 0.1) is 6.92 Å². The third-order valence-corrected chi connectivity index (χ3v) is 5.38. The zero-order valence-corrected chi connectivity index (χ0v) is 19.2. The topological polar surface area (TPSA) is 62.7 Å². The van der Waals surface area contributed by atoms with E-state index in [2.05, 4.69) is 9.88 Å². The maximum Gasteiger partial charge on any atom is 0.354 e. The van der Waals surface area contributed by atoms with Crippen LogP contribution in [0.1, 0.15) is 22.5 Å². The van der Waals surface area contributed by atoms with E-state index in [0.29, 0.717) is 33.7 Å². The van der Waals surface area contributed by atoms with E-state index in [1.54, 1.807) is 24.3 Å². The predicted molar refractivity (Wildman–Crippen MR) is 125 cm³/mol. The molecule has 0 radical (unpaired) electrons. The first-order valence-corrected chi connectivity index (χ1v) is 10.6. The fraction of sp³-hybridized carbons (Fsp3) is 0.250. The van der Waals surface area contributed by atoms with Crippen molar-refractivity contribution in [3.8, 4) is 28.1 Å². The van der Waals surface area contributed by atoms with E-state index >= 15 is 0 Å². The van der Waals surface area contributed by atoms with E-state index in [9.17, 15) is 9.90 Å². The fourth-order valence-electron chi connectivity index (χ4n) is 3.19. The van der Waals surface area contributed by atoms with E-state index in [4.69, 9.17) is 27.9 Å². The molecular formula is C24H24Cl2N2O3. The van der Waals surface area contributed by atoms with Crippen LogP contribution in [0.25, 0.3) is 22.4 Å². The van der Waals surface area contributed by atoms with Gasteiger partial charge in [0.15, 0.2) is 0 Å². The lowest BCUT2D eigenvalue weighted by Gasteiger charge is -2.15. The molecule has 5 nitrogen and oxygen atoms in total. The molecule has 0 bridgehead atoms. The standard InChI is InChI=1S/C24H24Cl2N2O3/c1-15-5-8-19(25)18(13-15)17-7-10-21(24(29)30)27-23(17)16-6-9-20(26)22(14-16)31-12-4-11-28(2)3/h5-10,13-14H,4,11-12H2,1-3H3,(H,29,30). The van der Waals surface area contributed by atoms with E-state index in [1.165, 1.54) is 6.07 Å². The van der Waals surface area contributed by atoms with Crippen molar-refractivity contribution in [1.82, 2.24) is 9.88 Å². The Hall–Kier alpha value is -2.60. The molecule has 1 heterocycles. The minimum absolute atomic E-state index is 0.0501. The molecule has 0 aliphatic rings. The van der Waals surface area contributed by atoms with Crippen LogP contribution in [0.2, 0.25) is 10.0 Å². The number of benzene rings is 2. The maximum absolute atomic E-state index is 11.6. The molecule has 0 aliphatic heterocycles. The highest BCUT2D eigenvalue weighted by atomic mass is 35.5. The lowest BCUT2D eigenvalue weighted by molar-refractivity contribution is 0.0690. The van der Waals surface area contributed by atoms with Crippen molar-refractivity contribution >= 4 is 29.2 Å². The van der Waals surface area contributed by atoms with Crippen molar-refractivity contribution in [1.29, 1.82) is 0 Å². The Kier molecular flexibility index (Phi) is 7.55. The number of ether oxygens (including phenoxy) is 1. The number of carbonyl (C=O) groups is 1. The highest BCUT2D eigenvalue weighted by Crippen LogP contribution is 2.38. The van der Waals surface area contributed by atoms with Gasteiger partial charge in [0, 0.05) is 28.3 Å². The number of nitrogens with zero attached hydrogens (tertiary/aromatic N) is 2. The summed E-state index contributed by atoms with van der Waals surface area (Å²) in [4.78, 5) is 18.1. The number of halogens is 2. The highest BCUT2D eigenvalue weighted by Gasteiger charge is 2.17. The van der Waals surface area contributed by atoms with Crippen molar-refractivity contribution in [2.75, 3.05) is 27.2 Å².